The molecule has 0 aliphatic heterocycles. The van der Waals surface area contributed by atoms with Crippen LogP contribution in [0.4, 0.5) is 0 Å². The van der Waals surface area contributed by atoms with E-state index in [1.165, 1.54) is 0 Å². The van der Waals surface area contributed by atoms with Crippen LogP contribution in [-0.2, 0) is 6.61 Å². The highest BCUT2D eigenvalue weighted by Gasteiger charge is 2.04. The Bertz CT molecular complexity index is 738. The molecule has 0 saturated carbocycles. The van der Waals surface area contributed by atoms with E-state index in [1.807, 2.05) is 43.3 Å². The Balaban J connectivity index is 2.15. The lowest BCUT2D eigenvalue weighted by Gasteiger charge is -2.06. The van der Waals surface area contributed by atoms with E-state index in [1.54, 1.807) is 6.20 Å². The average Bonchev–Trinajstić information content (AvgIpc) is 2.46. The molecule has 0 bridgehead atoms. The summed E-state index contributed by atoms with van der Waals surface area (Å²) in [6, 6.07) is 13.8. The highest BCUT2D eigenvalue weighted by molar-refractivity contribution is 5.77. The van der Waals surface area contributed by atoms with E-state index in [0.717, 1.165) is 33.4 Å². The second kappa shape index (κ2) is 4.78. The maximum atomic E-state index is 9.27. The van der Waals surface area contributed by atoms with Crippen LogP contribution >= 0.6 is 0 Å². The van der Waals surface area contributed by atoms with Gasteiger partial charge in [-0.15, -0.1) is 0 Å². The van der Waals surface area contributed by atoms with Gasteiger partial charge in [0.25, 0.3) is 0 Å². The van der Waals surface area contributed by atoms with Crippen LogP contribution in [0.2, 0.25) is 0 Å². The van der Waals surface area contributed by atoms with Crippen molar-refractivity contribution >= 4 is 11.0 Å². The average molecular weight is 250 g/mol. The first-order valence-electron chi connectivity index (χ1n) is 6.20. The van der Waals surface area contributed by atoms with Crippen molar-refractivity contribution in [1.82, 2.24) is 9.97 Å². The zero-order chi connectivity index (χ0) is 13.2. The maximum Gasteiger partial charge on any atom is 0.0894 e. The minimum atomic E-state index is 0.0374. The van der Waals surface area contributed by atoms with Gasteiger partial charge in [-0.3, -0.25) is 4.98 Å². The summed E-state index contributed by atoms with van der Waals surface area (Å²) in [5, 5.41) is 9.27. The summed E-state index contributed by atoms with van der Waals surface area (Å²) in [4.78, 5) is 9.04. The molecule has 1 N–H and O–H groups in total. The Morgan fingerprint density at radius 2 is 1.84 bits per heavy atom. The van der Waals surface area contributed by atoms with Gasteiger partial charge in [-0.2, -0.15) is 0 Å². The monoisotopic (exact) mass is 250 g/mol. The van der Waals surface area contributed by atoms with Crippen LogP contribution in [0.5, 0.6) is 0 Å². The number of hydrogen-bond acceptors (Lipinski definition) is 3. The molecule has 94 valence electrons. The number of rotatable bonds is 2. The van der Waals surface area contributed by atoms with Gasteiger partial charge in [0.15, 0.2) is 0 Å². The van der Waals surface area contributed by atoms with E-state index in [0.29, 0.717) is 0 Å². The lowest BCUT2D eigenvalue weighted by atomic mass is 10.0. The van der Waals surface area contributed by atoms with Crippen LogP contribution in [0, 0.1) is 6.92 Å². The van der Waals surface area contributed by atoms with Crippen molar-refractivity contribution in [2.75, 3.05) is 0 Å². The number of benzene rings is 2. The van der Waals surface area contributed by atoms with E-state index in [2.05, 4.69) is 16.0 Å². The first kappa shape index (κ1) is 11.8. The molecule has 0 aliphatic rings. The summed E-state index contributed by atoms with van der Waals surface area (Å²) in [5.41, 5.74) is 5.59. The standard InChI is InChI=1S/C16H14N2O/c1-11-6-12(10-19)8-13(7-11)16-9-17-14-4-2-3-5-15(14)18-16/h2-9,19H,10H2,1H3. The van der Waals surface area contributed by atoms with E-state index in [9.17, 15) is 5.11 Å². The van der Waals surface area contributed by atoms with E-state index >= 15 is 0 Å². The fourth-order valence-corrected chi connectivity index (χ4v) is 2.20. The van der Waals surface area contributed by atoms with Crippen molar-refractivity contribution in [3.05, 3.63) is 59.8 Å². The molecule has 0 atom stereocenters. The van der Waals surface area contributed by atoms with Gasteiger partial charge >= 0.3 is 0 Å². The predicted molar refractivity (Wildman–Crippen MR) is 75.6 cm³/mol. The molecule has 1 aromatic heterocycles. The normalized spacial score (nSPS) is 10.8. The summed E-state index contributed by atoms with van der Waals surface area (Å²) in [6.07, 6.45) is 1.78. The zero-order valence-corrected chi connectivity index (χ0v) is 10.7. The first-order chi connectivity index (χ1) is 9.26. The Hall–Kier alpha value is -2.26. The third-order valence-electron chi connectivity index (χ3n) is 3.06. The quantitative estimate of drug-likeness (QED) is 0.760. The lowest BCUT2D eigenvalue weighted by molar-refractivity contribution is 0.282. The highest BCUT2D eigenvalue weighted by Crippen LogP contribution is 2.22. The smallest absolute Gasteiger partial charge is 0.0894 e. The molecule has 3 nitrogen and oxygen atoms in total. The molecule has 0 amide bonds. The second-order valence-corrected chi connectivity index (χ2v) is 4.61. The van der Waals surface area contributed by atoms with Gasteiger partial charge in [0, 0.05) is 5.56 Å². The van der Waals surface area contributed by atoms with Crippen molar-refractivity contribution in [2.24, 2.45) is 0 Å². The third-order valence-corrected chi connectivity index (χ3v) is 3.06. The number of fused-ring (bicyclic) bond motifs is 1. The van der Waals surface area contributed by atoms with E-state index < -0.39 is 0 Å². The Morgan fingerprint density at radius 3 is 2.63 bits per heavy atom. The fraction of sp³-hybridized carbons (Fsp3) is 0.125. The first-order valence-corrected chi connectivity index (χ1v) is 6.20. The molecule has 0 saturated heterocycles. The van der Waals surface area contributed by atoms with Gasteiger partial charge in [-0.1, -0.05) is 23.8 Å². The topological polar surface area (TPSA) is 46.0 Å². The molecule has 3 aromatic rings. The van der Waals surface area contributed by atoms with Gasteiger partial charge < -0.3 is 5.11 Å². The number of aryl methyl sites for hydroxylation is 1. The predicted octanol–water partition coefficient (Wildman–Crippen LogP) is 3.10. The molecule has 19 heavy (non-hydrogen) atoms. The van der Waals surface area contributed by atoms with Gasteiger partial charge in [-0.05, 0) is 36.8 Å². The summed E-state index contributed by atoms with van der Waals surface area (Å²) >= 11 is 0. The third kappa shape index (κ3) is 2.33. The Morgan fingerprint density at radius 1 is 1.05 bits per heavy atom. The molecule has 0 spiro atoms. The summed E-state index contributed by atoms with van der Waals surface area (Å²) in [5.74, 6) is 0. The number of aromatic nitrogens is 2. The number of para-hydroxylation sites is 2. The van der Waals surface area contributed by atoms with Crippen molar-refractivity contribution < 1.29 is 5.11 Å². The number of nitrogens with zero attached hydrogens (tertiary/aromatic N) is 2. The molecular formula is C16H14N2O. The minimum absolute atomic E-state index is 0.0374. The van der Waals surface area contributed by atoms with Crippen LogP contribution in [0.1, 0.15) is 11.1 Å². The second-order valence-electron chi connectivity index (χ2n) is 4.61. The number of aliphatic hydroxyl groups is 1. The van der Waals surface area contributed by atoms with Crippen molar-refractivity contribution in [3.63, 3.8) is 0 Å². The molecule has 1 heterocycles. The van der Waals surface area contributed by atoms with Crippen LogP contribution < -0.4 is 0 Å². The molecule has 0 fully saturated rings. The van der Waals surface area contributed by atoms with Gasteiger partial charge in [0.1, 0.15) is 0 Å². The molecule has 0 unspecified atom stereocenters. The lowest BCUT2D eigenvalue weighted by Crippen LogP contribution is -1.91. The molecule has 0 aliphatic carbocycles. The fourth-order valence-electron chi connectivity index (χ4n) is 2.20. The molecule has 3 heteroatoms. The molecule has 3 rings (SSSR count). The summed E-state index contributed by atoms with van der Waals surface area (Å²) < 4.78 is 0. The summed E-state index contributed by atoms with van der Waals surface area (Å²) in [6.45, 7) is 2.05. The molecule has 2 aromatic carbocycles. The minimum Gasteiger partial charge on any atom is -0.392 e. The van der Waals surface area contributed by atoms with Crippen molar-refractivity contribution in [3.8, 4) is 11.3 Å². The largest absolute Gasteiger partial charge is 0.392 e. The van der Waals surface area contributed by atoms with Gasteiger partial charge in [-0.25, -0.2) is 4.98 Å². The van der Waals surface area contributed by atoms with Crippen molar-refractivity contribution in [1.29, 1.82) is 0 Å². The van der Waals surface area contributed by atoms with E-state index in [4.69, 9.17) is 0 Å². The van der Waals surface area contributed by atoms with Crippen LogP contribution in [0.15, 0.2) is 48.7 Å². The molecular weight excluding hydrogens is 236 g/mol. The van der Waals surface area contributed by atoms with Gasteiger partial charge in [0.2, 0.25) is 0 Å². The summed E-state index contributed by atoms with van der Waals surface area (Å²) in [7, 11) is 0. The van der Waals surface area contributed by atoms with E-state index in [-0.39, 0.29) is 6.61 Å². The van der Waals surface area contributed by atoms with Crippen LogP contribution in [0.25, 0.3) is 22.3 Å². The van der Waals surface area contributed by atoms with Crippen LogP contribution in [0.3, 0.4) is 0 Å². The highest BCUT2D eigenvalue weighted by atomic mass is 16.3. The maximum absolute atomic E-state index is 9.27. The SMILES string of the molecule is Cc1cc(CO)cc(-c2cnc3ccccc3n2)c1. The molecule has 0 radical (unpaired) electrons. The zero-order valence-electron chi connectivity index (χ0n) is 10.7. The van der Waals surface area contributed by atoms with Gasteiger partial charge in [0.05, 0.1) is 29.5 Å². The Labute approximate surface area is 111 Å². The van der Waals surface area contributed by atoms with Crippen LogP contribution in [-0.4, -0.2) is 15.1 Å². The Kier molecular flexibility index (Phi) is 2.97. The van der Waals surface area contributed by atoms with Crippen molar-refractivity contribution in [2.45, 2.75) is 13.5 Å². The number of aliphatic hydroxyl groups excluding tert-OH is 1. The number of hydrogen-bond donors (Lipinski definition) is 1.